The number of fused-ring (bicyclic) bond motifs is 5. The molecule has 0 aliphatic heterocycles. The fourth-order valence-corrected chi connectivity index (χ4v) is 8.02. The van der Waals surface area contributed by atoms with Crippen LogP contribution in [0.25, 0.3) is 0 Å². The minimum atomic E-state index is -0.543. The number of aliphatic hydroxyl groups is 2. The molecule has 29 heavy (non-hydrogen) atoms. The molecule has 0 aromatic heterocycles. The maximum Gasteiger partial charge on any atom is 0.0804 e. The summed E-state index contributed by atoms with van der Waals surface area (Å²) in [5.41, 5.74) is 8.11. The molecule has 0 aromatic rings. The Labute approximate surface area is 176 Å². The number of hydroxylamine groups is 1. The fourth-order valence-electron chi connectivity index (χ4n) is 8.02. The van der Waals surface area contributed by atoms with Crippen LogP contribution in [0, 0.1) is 34.5 Å². The molecule has 5 heteroatoms. The Hall–Kier alpha value is -0.460. The molecule has 8 atom stereocenters. The maximum atomic E-state index is 12.1. The molecule has 0 saturated heterocycles. The number of hydrogen-bond acceptors (Lipinski definition) is 5. The standard InChI is InChI=1S/C24H42N2O3/c1-22-10-8-19(27)16-18(22)5-6-21-20(22)9-11-23(2)17(7-12-24(21,23)28)4-3-14-26-29-15-13-25/h3-4,17-21,26-28H,5-16,25H2,1-2H3/t17-,18+,19-,20-,21+,22-,23+,24-/m0/s1. The van der Waals surface area contributed by atoms with Crippen molar-refractivity contribution in [1.82, 2.24) is 5.48 Å². The van der Waals surface area contributed by atoms with Gasteiger partial charge in [0.2, 0.25) is 0 Å². The summed E-state index contributed by atoms with van der Waals surface area (Å²) in [5.74, 6) is 2.10. The van der Waals surface area contributed by atoms with Gasteiger partial charge in [-0.2, -0.15) is 5.48 Å². The van der Waals surface area contributed by atoms with Gasteiger partial charge in [-0.25, -0.2) is 0 Å². The van der Waals surface area contributed by atoms with E-state index >= 15 is 0 Å². The summed E-state index contributed by atoms with van der Waals surface area (Å²) in [7, 11) is 0. The van der Waals surface area contributed by atoms with Gasteiger partial charge in [-0.15, -0.1) is 0 Å². The highest BCUT2D eigenvalue weighted by Gasteiger charge is 2.66. The van der Waals surface area contributed by atoms with Crippen molar-refractivity contribution in [3.05, 3.63) is 12.2 Å². The van der Waals surface area contributed by atoms with Gasteiger partial charge in [0.25, 0.3) is 0 Å². The second-order valence-electron chi connectivity index (χ2n) is 10.9. The van der Waals surface area contributed by atoms with Crippen molar-refractivity contribution < 1.29 is 15.1 Å². The Balaban J connectivity index is 1.47. The van der Waals surface area contributed by atoms with Gasteiger partial charge < -0.3 is 20.8 Å². The fraction of sp³-hybridized carbons (Fsp3) is 0.917. The minimum Gasteiger partial charge on any atom is -0.393 e. The highest BCUT2D eigenvalue weighted by atomic mass is 16.6. The van der Waals surface area contributed by atoms with Crippen LogP contribution >= 0.6 is 0 Å². The first-order valence-corrected chi connectivity index (χ1v) is 12.0. The summed E-state index contributed by atoms with van der Waals surface area (Å²) in [5, 5.41) is 22.3. The predicted molar refractivity (Wildman–Crippen MR) is 115 cm³/mol. The summed E-state index contributed by atoms with van der Waals surface area (Å²) < 4.78 is 0. The van der Waals surface area contributed by atoms with Gasteiger partial charge in [-0.05, 0) is 86.9 Å². The smallest absolute Gasteiger partial charge is 0.0804 e. The van der Waals surface area contributed by atoms with E-state index in [9.17, 15) is 10.2 Å². The molecule has 5 N–H and O–H groups in total. The number of nitrogens with two attached hydrogens (primary N) is 1. The first-order chi connectivity index (χ1) is 13.8. The van der Waals surface area contributed by atoms with E-state index in [1.54, 1.807) is 0 Å². The molecule has 4 aliphatic carbocycles. The third-order valence-electron chi connectivity index (χ3n) is 9.79. The minimum absolute atomic E-state index is 0.0276. The van der Waals surface area contributed by atoms with Gasteiger partial charge in [0.05, 0.1) is 18.3 Å². The molecule has 4 rings (SSSR count). The maximum absolute atomic E-state index is 12.1. The monoisotopic (exact) mass is 406 g/mol. The Bertz CT molecular complexity index is 613. The van der Waals surface area contributed by atoms with Gasteiger partial charge in [0.15, 0.2) is 0 Å². The van der Waals surface area contributed by atoms with E-state index in [1.807, 2.05) is 0 Å². The average molecular weight is 407 g/mol. The van der Waals surface area contributed by atoms with E-state index in [4.69, 9.17) is 10.6 Å². The summed E-state index contributed by atoms with van der Waals surface area (Å²) >= 11 is 0. The van der Waals surface area contributed by atoms with Crippen LogP contribution in [-0.2, 0) is 4.84 Å². The van der Waals surface area contributed by atoms with Gasteiger partial charge in [0, 0.05) is 18.5 Å². The molecule has 4 aliphatic rings. The van der Waals surface area contributed by atoms with Crippen molar-refractivity contribution in [2.75, 3.05) is 19.7 Å². The van der Waals surface area contributed by atoms with E-state index in [0.717, 1.165) is 44.9 Å². The molecular formula is C24H42N2O3. The van der Waals surface area contributed by atoms with E-state index in [-0.39, 0.29) is 11.5 Å². The number of aliphatic hydroxyl groups excluding tert-OH is 1. The second-order valence-corrected chi connectivity index (χ2v) is 10.9. The number of allylic oxidation sites excluding steroid dienone is 1. The van der Waals surface area contributed by atoms with Crippen molar-refractivity contribution in [2.24, 2.45) is 40.2 Å². The molecule has 0 spiro atoms. The molecule has 166 valence electrons. The Morgan fingerprint density at radius 1 is 1.07 bits per heavy atom. The molecule has 0 heterocycles. The van der Waals surface area contributed by atoms with Crippen LogP contribution in [0.3, 0.4) is 0 Å². The van der Waals surface area contributed by atoms with Crippen LogP contribution in [-0.4, -0.2) is 41.6 Å². The quantitative estimate of drug-likeness (QED) is 0.309. The molecule has 4 fully saturated rings. The van der Waals surface area contributed by atoms with Gasteiger partial charge in [-0.3, -0.25) is 0 Å². The lowest BCUT2D eigenvalue weighted by Gasteiger charge is -2.63. The molecule has 0 radical (unpaired) electrons. The second kappa shape index (κ2) is 8.23. The van der Waals surface area contributed by atoms with Crippen molar-refractivity contribution in [3.8, 4) is 0 Å². The lowest BCUT2D eigenvalue weighted by Crippen LogP contribution is -2.62. The summed E-state index contributed by atoms with van der Waals surface area (Å²) in [6.07, 6.45) is 14.1. The van der Waals surface area contributed by atoms with Crippen LogP contribution in [0.4, 0.5) is 0 Å². The molecule has 0 aromatic carbocycles. The topological polar surface area (TPSA) is 87.7 Å². The molecule has 0 bridgehead atoms. The molecule has 5 nitrogen and oxygen atoms in total. The molecule has 4 saturated carbocycles. The van der Waals surface area contributed by atoms with Crippen molar-refractivity contribution in [2.45, 2.75) is 83.3 Å². The number of nitrogens with one attached hydrogen (secondary N) is 1. The van der Waals surface area contributed by atoms with E-state index in [0.29, 0.717) is 48.8 Å². The van der Waals surface area contributed by atoms with Crippen LogP contribution in [0.1, 0.15) is 71.6 Å². The Morgan fingerprint density at radius 2 is 1.90 bits per heavy atom. The van der Waals surface area contributed by atoms with Crippen LogP contribution in [0.2, 0.25) is 0 Å². The van der Waals surface area contributed by atoms with E-state index < -0.39 is 5.60 Å². The Morgan fingerprint density at radius 3 is 2.69 bits per heavy atom. The third kappa shape index (κ3) is 3.51. The normalized spacial score (nSPS) is 49.6. The van der Waals surface area contributed by atoms with Crippen LogP contribution in [0.15, 0.2) is 12.2 Å². The van der Waals surface area contributed by atoms with E-state index in [2.05, 4.69) is 31.5 Å². The molecule has 0 unspecified atom stereocenters. The number of hydrogen-bond donors (Lipinski definition) is 4. The number of rotatable bonds is 6. The molecular weight excluding hydrogens is 364 g/mol. The van der Waals surface area contributed by atoms with Crippen LogP contribution in [0.5, 0.6) is 0 Å². The van der Waals surface area contributed by atoms with Gasteiger partial charge in [-0.1, -0.05) is 26.0 Å². The van der Waals surface area contributed by atoms with Crippen molar-refractivity contribution in [3.63, 3.8) is 0 Å². The summed E-state index contributed by atoms with van der Waals surface area (Å²) in [4.78, 5) is 5.25. The third-order valence-corrected chi connectivity index (χ3v) is 9.79. The van der Waals surface area contributed by atoms with Crippen LogP contribution < -0.4 is 11.2 Å². The summed E-state index contributed by atoms with van der Waals surface area (Å²) in [6.45, 7) is 6.55. The zero-order valence-corrected chi connectivity index (χ0v) is 18.4. The largest absolute Gasteiger partial charge is 0.393 e. The SMILES string of the molecule is C[C@]12CC[C@H](O)C[C@H]1CC[C@@H]1[C@@H]2CC[C@]2(C)[C@@H](C=CCNOCCN)CC[C@]12O. The lowest BCUT2D eigenvalue weighted by molar-refractivity contribution is -0.207. The van der Waals surface area contributed by atoms with Gasteiger partial charge in [0.1, 0.15) is 0 Å². The van der Waals surface area contributed by atoms with Crippen molar-refractivity contribution >= 4 is 0 Å². The molecule has 0 amide bonds. The first kappa shape index (κ1) is 21.8. The summed E-state index contributed by atoms with van der Waals surface area (Å²) in [6, 6.07) is 0. The Kier molecular flexibility index (Phi) is 6.18. The predicted octanol–water partition coefficient (Wildman–Crippen LogP) is 3.16. The van der Waals surface area contributed by atoms with Gasteiger partial charge >= 0.3 is 0 Å². The van der Waals surface area contributed by atoms with E-state index in [1.165, 1.54) is 12.8 Å². The van der Waals surface area contributed by atoms with Crippen molar-refractivity contribution in [1.29, 1.82) is 0 Å². The highest BCUT2D eigenvalue weighted by molar-refractivity contribution is 5.19. The lowest BCUT2D eigenvalue weighted by atomic mass is 9.43. The zero-order chi connectivity index (χ0) is 20.7. The zero-order valence-electron chi connectivity index (χ0n) is 18.4. The highest BCUT2D eigenvalue weighted by Crippen LogP contribution is 2.69. The average Bonchev–Trinajstić information content (AvgIpc) is 2.96. The first-order valence-electron chi connectivity index (χ1n) is 12.0.